The van der Waals surface area contributed by atoms with Crippen molar-refractivity contribution < 1.29 is 4.39 Å². The van der Waals surface area contributed by atoms with Crippen LogP contribution < -0.4 is 0 Å². The fraction of sp³-hybridized carbons (Fsp3) is 0.0800. The van der Waals surface area contributed by atoms with Crippen LogP contribution in [0.3, 0.4) is 0 Å². The quantitative estimate of drug-likeness (QED) is 0.408. The molecule has 0 aliphatic rings. The monoisotopic (exact) mass is 353 g/mol. The van der Waals surface area contributed by atoms with Gasteiger partial charge in [0, 0.05) is 11.8 Å². The van der Waals surface area contributed by atoms with E-state index in [1.54, 1.807) is 12.1 Å². The molecule has 132 valence electrons. The molecule has 0 saturated heterocycles. The number of aryl methyl sites for hydroxylation is 2. The zero-order chi connectivity index (χ0) is 18.5. The Hall–Kier alpha value is -3.26. The molecule has 2 heteroatoms. The van der Waals surface area contributed by atoms with Crippen molar-refractivity contribution in [1.29, 1.82) is 0 Å². The lowest BCUT2D eigenvalue weighted by atomic mass is 9.95. The second-order valence-corrected chi connectivity index (χ2v) is 6.56. The fourth-order valence-corrected chi connectivity index (χ4v) is 3.31. The minimum Gasteiger partial charge on any atom is -0.256 e. The van der Waals surface area contributed by atoms with E-state index < -0.39 is 0 Å². The van der Waals surface area contributed by atoms with E-state index >= 15 is 0 Å². The summed E-state index contributed by atoms with van der Waals surface area (Å²) >= 11 is 0. The third kappa shape index (κ3) is 3.95. The molecule has 4 rings (SSSR count). The van der Waals surface area contributed by atoms with E-state index in [0.717, 1.165) is 24.0 Å². The molecule has 1 aromatic heterocycles. The van der Waals surface area contributed by atoms with Crippen molar-refractivity contribution in [2.24, 2.45) is 0 Å². The highest BCUT2D eigenvalue weighted by atomic mass is 19.1. The Bertz CT molecular complexity index is 1030. The zero-order valence-electron chi connectivity index (χ0n) is 15.0. The summed E-state index contributed by atoms with van der Waals surface area (Å²) in [5, 5.41) is 0. The SMILES string of the molecule is Fc1ccccc1-c1cc(-c2ccccc2)c(CCc2ccccc2)cn1. The highest BCUT2D eigenvalue weighted by molar-refractivity contribution is 5.73. The number of rotatable bonds is 5. The molecule has 0 atom stereocenters. The standard InChI is InChI=1S/C25H20FN/c26-24-14-8-7-13-22(24)25-17-23(20-11-5-2-6-12-20)21(18-27-25)16-15-19-9-3-1-4-10-19/h1-14,17-18H,15-16H2. The van der Waals surface area contributed by atoms with Crippen LogP contribution in [0.4, 0.5) is 4.39 Å². The largest absolute Gasteiger partial charge is 0.256 e. The molecule has 0 aliphatic carbocycles. The van der Waals surface area contributed by atoms with Gasteiger partial charge in [0.25, 0.3) is 0 Å². The number of hydrogen-bond acceptors (Lipinski definition) is 1. The maximum absolute atomic E-state index is 14.2. The maximum atomic E-state index is 14.2. The highest BCUT2D eigenvalue weighted by Gasteiger charge is 2.11. The predicted octanol–water partition coefficient (Wildman–Crippen LogP) is 6.34. The summed E-state index contributed by atoms with van der Waals surface area (Å²) in [6.07, 6.45) is 3.73. The van der Waals surface area contributed by atoms with Crippen molar-refractivity contribution in [3.05, 3.63) is 114 Å². The van der Waals surface area contributed by atoms with Crippen LogP contribution in [0, 0.1) is 5.82 Å². The normalized spacial score (nSPS) is 10.7. The number of halogens is 1. The summed E-state index contributed by atoms with van der Waals surface area (Å²) in [5.41, 5.74) is 5.90. The minimum absolute atomic E-state index is 0.249. The first kappa shape index (κ1) is 17.2. The molecule has 0 aliphatic heterocycles. The molecule has 0 saturated carbocycles. The number of aromatic nitrogens is 1. The number of benzene rings is 3. The van der Waals surface area contributed by atoms with E-state index in [2.05, 4.69) is 41.4 Å². The van der Waals surface area contributed by atoms with Crippen molar-refractivity contribution >= 4 is 0 Å². The van der Waals surface area contributed by atoms with Gasteiger partial charge < -0.3 is 0 Å². The number of pyridine rings is 1. The third-order valence-corrected chi connectivity index (χ3v) is 4.75. The van der Waals surface area contributed by atoms with Gasteiger partial charge in [0.15, 0.2) is 0 Å². The minimum atomic E-state index is -0.249. The molecule has 1 heterocycles. The van der Waals surface area contributed by atoms with Gasteiger partial charge >= 0.3 is 0 Å². The van der Waals surface area contributed by atoms with Crippen LogP contribution in [0.25, 0.3) is 22.4 Å². The summed E-state index contributed by atoms with van der Waals surface area (Å²) in [6, 6.07) is 29.5. The first-order valence-electron chi connectivity index (χ1n) is 9.14. The summed E-state index contributed by atoms with van der Waals surface area (Å²) in [5.74, 6) is -0.249. The van der Waals surface area contributed by atoms with Gasteiger partial charge in [-0.3, -0.25) is 4.98 Å². The third-order valence-electron chi connectivity index (χ3n) is 4.75. The van der Waals surface area contributed by atoms with Gasteiger partial charge in [0.1, 0.15) is 5.82 Å². The molecule has 0 spiro atoms. The van der Waals surface area contributed by atoms with E-state index in [9.17, 15) is 4.39 Å². The molecule has 0 fully saturated rings. The molecule has 0 amide bonds. The Morgan fingerprint density at radius 1 is 0.667 bits per heavy atom. The van der Waals surface area contributed by atoms with Crippen LogP contribution in [0.15, 0.2) is 97.2 Å². The molecular weight excluding hydrogens is 333 g/mol. The average molecular weight is 353 g/mol. The molecule has 0 N–H and O–H groups in total. The lowest BCUT2D eigenvalue weighted by Crippen LogP contribution is -1.98. The molecule has 4 aromatic rings. The second-order valence-electron chi connectivity index (χ2n) is 6.56. The molecule has 1 nitrogen and oxygen atoms in total. The van der Waals surface area contributed by atoms with Crippen LogP contribution in [0.1, 0.15) is 11.1 Å². The Balaban J connectivity index is 1.73. The van der Waals surface area contributed by atoms with Gasteiger partial charge in [-0.1, -0.05) is 72.8 Å². The van der Waals surface area contributed by atoms with Crippen LogP contribution in [0.5, 0.6) is 0 Å². The Kier molecular flexibility index (Phi) is 5.06. The van der Waals surface area contributed by atoms with Gasteiger partial charge in [0.2, 0.25) is 0 Å². The number of nitrogens with zero attached hydrogens (tertiary/aromatic N) is 1. The molecule has 3 aromatic carbocycles. The van der Waals surface area contributed by atoms with Gasteiger partial charge in [-0.25, -0.2) is 4.39 Å². The lowest BCUT2D eigenvalue weighted by Gasteiger charge is -2.12. The molecule has 0 radical (unpaired) electrons. The van der Waals surface area contributed by atoms with E-state index in [0.29, 0.717) is 11.3 Å². The maximum Gasteiger partial charge on any atom is 0.132 e. The fourth-order valence-electron chi connectivity index (χ4n) is 3.31. The summed E-state index contributed by atoms with van der Waals surface area (Å²) in [6.45, 7) is 0. The van der Waals surface area contributed by atoms with Crippen LogP contribution >= 0.6 is 0 Å². The van der Waals surface area contributed by atoms with E-state index in [4.69, 9.17) is 0 Å². The summed E-state index contributed by atoms with van der Waals surface area (Å²) in [7, 11) is 0. The van der Waals surface area contributed by atoms with Crippen molar-refractivity contribution in [2.45, 2.75) is 12.8 Å². The first-order chi connectivity index (χ1) is 13.3. The van der Waals surface area contributed by atoms with Crippen molar-refractivity contribution in [2.75, 3.05) is 0 Å². The summed E-state index contributed by atoms with van der Waals surface area (Å²) in [4.78, 5) is 4.57. The molecule has 0 unspecified atom stereocenters. The first-order valence-corrected chi connectivity index (χ1v) is 9.14. The van der Waals surface area contributed by atoms with Crippen molar-refractivity contribution in [1.82, 2.24) is 4.98 Å². The Labute approximate surface area is 159 Å². The molecular formula is C25H20FN. The lowest BCUT2D eigenvalue weighted by molar-refractivity contribution is 0.630. The van der Waals surface area contributed by atoms with E-state index in [-0.39, 0.29) is 5.82 Å². The Morgan fingerprint density at radius 3 is 2.07 bits per heavy atom. The van der Waals surface area contributed by atoms with Crippen molar-refractivity contribution in [3.63, 3.8) is 0 Å². The van der Waals surface area contributed by atoms with E-state index in [1.807, 2.05) is 42.6 Å². The van der Waals surface area contributed by atoms with Gasteiger partial charge in [-0.15, -0.1) is 0 Å². The average Bonchev–Trinajstić information content (AvgIpc) is 2.74. The zero-order valence-corrected chi connectivity index (χ0v) is 15.0. The van der Waals surface area contributed by atoms with Gasteiger partial charge in [0.05, 0.1) is 5.69 Å². The second kappa shape index (κ2) is 7.96. The highest BCUT2D eigenvalue weighted by Crippen LogP contribution is 2.30. The van der Waals surface area contributed by atoms with E-state index in [1.165, 1.54) is 17.2 Å². The van der Waals surface area contributed by atoms with Crippen LogP contribution in [0.2, 0.25) is 0 Å². The predicted molar refractivity (Wildman–Crippen MR) is 109 cm³/mol. The van der Waals surface area contributed by atoms with Gasteiger partial charge in [-0.05, 0) is 53.3 Å². The van der Waals surface area contributed by atoms with Gasteiger partial charge in [-0.2, -0.15) is 0 Å². The molecule has 27 heavy (non-hydrogen) atoms. The van der Waals surface area contributed by atoms with Crippen molar-refractivity contribution in [3.8, 4) is 22.4 Å². The summed E-state index contributed by atoms with van der Waals surface area (Å²) < 4.78 is 14.2. The Morgan fingerprint density at radius 2 is 1.33 bits per heavy atom. The number of hydrogen-bond donors (Lipinski definition) is 0. The molecule has 0 bridgehead atoms. The topological polar surface area (TPSA) is 12.9 Å². The smallest absolute Gasteiger partial charge is 0.132 e. The van der Waals surface area contributed by atoms with Crippen LogP contribution in [-0.4, -0.2) is 4.98 Å². The van der Waals surface area contributed by atoms with Crippen LogP contribution in [-0.2, 0) is 12.8 Å².